The number of benzene rings is 1. The van der Waals surface area contributed by atoms with Crippen molar-refractivity contribution in [2.24, 2.45) is 0 Å². The van der Waals surface area contributed by atoms with Gasteiger partial charge in [-0.15, -0.1) is 0 Å². The standard InChI is InChI=1S/C13H17BrFNO2/c1-2-3-4-7-16-13(17)9-18-12-6-5-10(14)8-11(12)15/h5-6,8H,2-4,7,9H2,1H3,(H,16,17). The van der Waals surface area contributed by atoms with Crippen LogP contribution in [0.4, 0.5) is 4.39 Å². The van der Waals surface area contributed by atoms with Crippen molar-refractivity contribution < 1.29 is 13.9 Å². The van der Waals surface area contributed by atoms with Gasteiger partial charge in [0.25, 0.3) is 5.91 Å². The summed E-state index contributed by atoms with van der Waals surface area (Å²) in [5.74, 6) is -0.626. The highest BCUT2D eigenvalue weighted by Gasteiger charge is 2.06. The van der Waals surface area contributed by atoms with Crippen LogP contribution in [0, 0.1) is 5.82 Å². The predicted molar refractivity (Wildman–Crippen MR) is 72.1 cm³/mol. The molecule has 0 aliphatic rings. The molecule has 100 valence electrons. The van der Waals surface area contributed by atoms with Crippen LogP contribution in [-0.4, -0.2) is 19.1 Å². The Balaban J connectivity index is 2.29. The molecule has 0 spiro atoms. The maximum absolute atomic E-state index is 13.4. The van der Waals surface area contributed by atoms with Crippen molar-refractivity contribution in [1.29, 1.82) is 0 Å². The largest absolute Gasteiger partial charge is 0.481 e. The summed E-state index contributed by atoms with van der Waals surface area (Å²) in [4.78, 5) is 11.4. The minimum atomic E-state index is -0.483. The molecule has 0 radical (unpaired) electrons. The Bertz CT molecular complexity index is 399. The second kappa shape index (κ2) is 8.08. The molecule has 0 fully saturated rings. The van der Waals surface area contributed by atoms with Gasteiger partial charge in [-0.3, -0.25) is 4.79 Å². The molecule has 0 aliphatic carbocycles. The summed E-state index contributed by atoms with van der Waals surface area (Å²) in [6, 6.07) is 4.45. The maximum Gasteiger partial charge on any atom is 0.257 e. The Morgan fingerprint density at radius 2 is 2.22 bits per heavy atom. The molecule has 3 nitrogen and oxygen atoms in total. The van der Waals surface area contributed by atoms with Crippen LogP contribution in [0.1, 0.15) is 26.2 Å². The lowest BCUT2D eigenvalue weighted by molar-refractivity contribution is -0.123. The topological polar surface area (TPSA) is 38.3 Å². The first-order valence-electron chi connectivity index (χ1n) is 5.98. The first-order valence-corrected chi connectivity index (χ1v) is 6.77. The molecule has 1 aromatic rings. The van der Waals surface area contributed by atoms with E-state index in [1.54, 1.807) is 6.07 Å². The quantitative estimate of drug-likeness (QED) is 0.784. The van der Waals surface area contributed by atoms with E-state index in [1.807, 2.05) is 0 Å². The normalized spacial score (nSPS) is 10.2. The summed E-state index contributed by atoms with van der Waals surface area (Å²) in [6.07, 6.45) is 3.15. The SMILES string of the molecule is CCCCCNC(=O)COc1ccc(Br)cc1F. The van der Waals surface area contributed by atoms with Gasteiger partial charge in [0, 0.05) is 11.0 Å². The van der Waals surface area contributed by atoms with E-state index < -0.39 is 5.82 Å². The number of halogens is 2. The Kier molecular flexibility index (Phi) is 6.72. The highest BCUT2D eigenvalue weighted by atomic mass is 79.9. The third-order valence-corrected chi connectivity index (χ3v) is 2.85. The molecule has 0 atom stereocenters. The van der Waals surface area contributed by atoms with Crippen LogP contribution in [0.5, 0.6) is 5.75 Å². The molecule has 18 heavy (non-hydrogen) atoms. The summed E-state index contributed by atoms with van der Waals surface area (Å²) < 4.78 is 19.1. The third-order valence-electron chi connectivity index (χ3n) is 2.36. The predicted octanol–water partition coefficient (Wildman–Crippen LogP) is 3.27. The number of unbranched alkanes of at least 4 members (excludes halogenated alkanes) is 2. The first kappa shape index (κ1) is 15.0. The Hall–Kier alpha value is -1.10. The zero-order chi connectivity index (χ0) is 13.4. The van der Waals surface area contributed by atoms with Gasteiger partial charge in [-0.25, -0.2) is 4.39 Å². The molecule has 0 unspecified atom stereocenters. The number of ether oxygens (including phenoxy) is 1. The number of rotatable bonds is 7. The van der Waals surface area contributed by atoms with Crippen molar-refractivity contribution in [3.63, 3.8) is 0 Å². The molecule has 1 N–H and O–H groups in total. The third kappa shape index (κ3) is 5.49. The van der Waals surface area contributed by atoms with Gasteiger partial charge in [0.15, 0.2) is 18.2 Å². The molecule has 0 bridgehead atoms. The summed E-state index contributed by atoms with van der Waals surface area (Å²) in [5, 5.41) is 2.72. The van der Waals surface area contributed by atoms with Gasteiger partial charge >= 0.3 is 0 Å². The number of carbonyl (C=O) groups is 1. The van der Waals surface area contributed by atoms with Crippen molar-refractivity contribution in [2.45, 2.75) is 26.2 Å². The van der Waals surface area contributed by atoms with E-state index in [0.29, 0.717) is 11.0 Å². The summed E-state index contributed by atoms with van der Waals surface area (Å²) in [5.41, 5.74) is 0. The molecule has 0 saturated heterocycles. The second-order valence-electron chi connectivity index (χ2n) is 3.92. The summed E-state index contributed by atoms with van der Waals surface area (Å²) >= 11 is 3.15. The summed E-state index contributed by atoms with van der Waals surface area (Å²) in [6.45, 7) is 2.57. The van der Waals surface area contributed by atoms with Crippen LogP contribution < -0.4 is 10.1 Å². The van der Waals surface area contributed by atoms with Gasteiger partial charge in [-0.05, 0) is 24.6 Å². The van der Waals surface area contributed by atoms with Gasteiger partial charge in [-0.2, -0.15) is 0 Å². The van der Waals surface area contributed by atoms with Crippen LogP contribution in [-0.2, 0) is 4.79 Å². The minimum absolute atomic E-state index is 0.0851. The van der Waals surface area contributed by atoms with E-state index in [2.05, 4.69) is 28.2 Å². The number of amides is 1. The fraction of sp³-hybridized carbons (Fsp3) is 0.462. The highest BCUT2D eigenvalue weighted by Crippen LogP contribution is 2.21. The number of hydrogen-bond acceptors (Lipinski definition) is 2. The molecule has 5 heteroatoms. The first-order chi connectivity index (χ1) is 8.63. The van der Waals surface area contributed by atoms with Gasteiger partial charge in [0.2, 0.25) is 0 Å². The van der Waals surface area contributed by atoms with Crippen LogP contribution in [0.25, 0.3) is 0 Å². The van der Waals surface area contributed by atoms with Crippen LogP contribution in [0.2, 0.25) is 0 Å². The van der Waals surface area contributed by atoms with Gasteiger partial charge < -0.3 is 10.1 Å². The lowest BCUT2D eigenvalue weighted by atomic mass is 10.2. The monoisotopic (exact) mass is 317 g/mol. The Labute approximate surface area is 115 Å². The van der Waals surface area contributed by atoms with Crippen LogP contribution >= 0.6 is 15.9 Å². The summed E-state index contributed by atoms with van der Waals surface area (Å²) in [7, 11) is 0. The second-order valence-corrected chi connectivity index (χ2v) is 4.84. The Morgan fingerprint density at radius 3 is 2.89 bits per heavy atom. The van der Waals surface area contributed by atoms with E-state index in [0.717, 1.165) is 19.3 Å². The molecule has 0 heterocycles. The van der Waals surface area contributed by atoms with E-state index in [1.165, 1.54) is 12.1 Å². The van der Waals surface area contributed by atoms with Gasteiger partial charge in [-0.1, -0.05) is 35.7 Å². The zero-order valence-corrected chi connectivity index (χ0v) is 11.9. The van der Waals surface area contributed by atoms with E-state index in [9.17, 15) is 9.18 Å². The average molecular weight is 318 g/mol. The fourth-order valence-corrected chi connectivity index (χ4v) is 1.72. The van der Waals surface area contributed by atoms with Crippen molar-refractivity contribution in [3.05, 3.63) is 28.5 Å². The van der Waals surface area contributed by atoms with Gasteiger partial charge in [0.05, 0.1) is 0 Å². The molecule has 0 aliphatic heterocycles. The van der Waals surface area contributed by atoms with E-state index in [-0.39, 0.29) is 18.3 Å². The lowest BCUT2D eigenvalue weighted by Crippen LogP contribution is -2.29. The molecule has 1 rings (SSSR count). The zero-order valence-electron chi connectivity index (χ0n) is 10.3. The van der Waals surface area contributed by atoms with Gasteiger partial charge in [0.1, 0.15) is 0 Å². The van der Waals surface area contributed by atoms with Crippen molar-refractivity contribution in [3.8, 4) is 5.75 Å². The fourth-order valence-electron chi connectivity index (χ4n) is 1.39. The van der Waals surface area contributed by atoms with Crippen molar-refractivity contribution in [2.75, 3.05) is 13.2 Å². The van der Waals surface area contributed by atoms with Crippen molar-refractivity contribution >= 4 is 21.8 Å². The molecule has 0 saturated carbocycles. The van der Waals surface area contributed by atoms with Crippen LogP contribution in [0.15, 0.2) is 22.7 Å². The molecule has 1 amide bonds. The average Bonchev–Trinajstić information content (AvgIpc) is 2.33. The Morgan fingerprint density at radius 1 is 1.44 bits per heavy atom. The van der Waals surface area contributed by atoms with Crippen molar-refractivity contribution in [1.82, 2.24) is 5.32 Å². The lowest BCUT2D eigenvalue weighted by Gasteiger charge is -2.08. The molecular weight excluding hydrogens is 301 g/mol. The van der Waals surface area contributed by atoms with Crippen LogP contribution in [0.3, 0.4) is 0 Å². The van der Waals surface area contributed by atoms with E-state index in [4.69, 9.17) is 4.74 Å². The maximum atomic E-state index is 13.4. The molecule has 0 aromatic heterocycles. The molecular formula is C13H17BrFNO2. The molecule has 1 aromatic carbocycles. The highest BCUT2D eigenvalue weighted by molar-refractivity contribution is 9.10. The number of hydrogen-bond donors (Lipinski definition) is 1. The van der Waals surface area contributed by atoms with E-state index >= 15 is 0 Å². The smallest absolute Gasteiger partial charge is 0.257 e. The number of nitrogens with one attached hydrogen (secondary N) is 1. The number of carbonyl (C=O) groups excluding carboxylic acids is 1. The minimum Gasteiger partial charge on any atom is -0.481 e.